The molecule has 5 heteroatoms. The van der Waals surface area contributed by atoms with E-state index in [1.54, 1.807) is 14.2 Å². The summed E-state index contributed by atoms with van der Waals surface area (Å²) in [6.07, 6.45) is 2.43. The Labute approximate surface area is 237 Å². The van der Waals surface area contributed by atoms with E-state index < -0.39 is 11.5 Å². The van der Waals surface area contributed by atoms with Crippen molar-refractivity contribution in [3.63, 3.8) is 0 Å². The molecular weight excluding hydrogens is 496 g/mol. The fourth-order valence-corrected chi connectivity index (χ4v) is 5.74. The number of para-hydroxylation sites is 1. The van der Waals surface area contributed by atoms with Crippen LogP contribution in [-0.4, -0.2) is 49.9 Å². The maximum absolute atomic E-state index is 13.0. The minimum Gasteiger partial charge on any atom is -0.497 e. The summed E-state index contributed by atoms with van der Waals surface area (Å²) in [4.78, 5) is 7.07. The first kappa shape index (κ1) is 27.6. The molecule has 2 atom stereocenters. The van der Waals surface area contributed by atoms with Crippen LogP contribution in [0.25, 0.3) is 21.7 Å². The third-order valence-corrected chi connectivity index (χ3v) is 7.79. The molecule has 0 spiro atoms. The van der Waals surface area contributed by atoms with E-state index in [0.29, 0.717) is 12.3 Å². The van der Waals surface area contributed by atoms with Gasteiger partial charge in [-0.2, -0.15) is 0 Å². The zero-order valence-electron chi connectivity index (χ0n) is 23.8. The predicted octanol–water partition coefficient (Wildman–Crippen LogP) is 7.16. The van der Waals surface area contributed by atoms with Crippen LogP contribution in [0.3, 0.4) is 0 Å². The van der Waals surface area contributed by atoms with Gasteiger partial charge in [0.1, 0.15) is 11.4 Å². The van der Waals surface area contributed by atoms with Gasteiger partial charge in [-0.25, -0.2) is 4.98 Å². The summed E-state index contributed by atoms with van der Waals surface area (Å²) in [5.41, 5.74) is 2.41. The lowest BCUT2D eigenvalue weighted by Crippen LogP contribution is -2.35. The van der Waals surface area contributed by atoms with Gasteiger partial charge in [-0.1, -0.05) is 66.7 Å². The first-order valence-electron chi connectivity index (χ1n) is 13.9. The second-order valence-electron chi connectivity index (χ2n) is 10.7. The molecule has 2 unspecified atom stereocenters. The minimum atomic E-state index is -1.22. The van der Waals surface area contributed by atoms with Crippen LogP contribution < -0.4 is 9.47 Å². The number of hydrogen-bond donors (Lipinski definition) is 1. The molecule has 0 amide bonds. The highest BCUT2D eigenvalue weighted by atomic mass is 16.5. The van der Waals surface area contributed by atoms with Gasteiger partial charge in [-0.3, -0.25) is 0 Å². The van der Waals surface area contributed by atoms with Crippen molar-refractivity contribution in [1.82, 2.24) is 9.88 Å². The number of methoxy groups -OCH3 is 2. The molecule has 0 fully saturated rings. The lowest BCUT2D eigenvalue weighted by molar-refractivity contribution is 0.00690. The number of ether oxygens (including phenoxy) is 2. The van der Waals surface area contributed by atoms with Crippen molar-refractivity contribution in [2.75, 3.05) is 34.9 Å². The third-order valence-electron chi connectivity index (χ3n) is 7.79. The summed E-state index contributed by atoms with van der Waals surface area (Å²) < 4.78 is 11.3. The molecule has 5 rings (SSSR count). The highest BCUT2D eigenvalue weighted by Crippen LogP contribution is 2.48. The van der Waals surface area contributed by atoms with Crippen LogP contribution in [0.1, 0.15) is 41.9 Å². The molecule has 5 aromatic rings. The lowest BCUT2D eigenvalue weighted by Gasteiger charge is -2.38. The number of pyridine rings is 1. The van der Waals surface area contributed by atoms with Crippen molar-refractivity contribution in [2.24, 2.45) is 0 Å². The van der Waals surface area contributed by atoms with Crippen LogP contribution in [0.2, 0.25) is 0 Å². The molecule has 5 nitrogen and oxygen atoms in total. The van der Waals surface area contributed by atoms with Crippen LogP contribution >= 0.6 is 0 Å². The Morgan fingerprint density at radius 2 is 1.50 bits per heavy atom. The second-order valence-corrected chi connectivity index (χ2v) is 10.7. The lowest BCUT2D eigenvalue weighted by atomic mass is 9.71. The second kappa shape index (κ2) is 12.1. The van der Waals surface area contributed by atoms with Crippen molar-refractivity contribution in [1.29, 1.82) is 0 Å². The maximum atomic E-state index is 13.0. The molecule has 0 bridgehead atoms. The summed E-state index contributed by atoms with van der Waals surface area (Å²) in [5, 5.41) is 16.2. The molecule has 0 radical (unpaired) electrons. The van der Waals surface area contributed by atoms with Gasteiger partial charge in [0.15, 0.2) is 0 Å². The van der Waals surface area contributed by atoms with Gasteiger partial charge in [0.2, 0.25) is 5.88 Å². The molecule has 1 aromatic heterocycles. The molecule has 1 N–H and O–H groups in total. The smallest absolute Gasteiger partial charge is 0.217 e. The Balaban J connectivity index is 1.72. The van der Waals surface area contributed by atoms with E-state index in [2.05, 4.69) is 67.5 Å². The number of hydrogen-bond acceptors (Lipinski definition) is 5. The fraction of sp³-hybridized carbons (Fsp3) is 0.286. The van der Waals surface area contributed by atoms with E-state index in [0.717, 1.165) is 63.5 Å². The van der Waals surface area contributed by atoms with Gasteiger partial charge in [0.25, 0.3) is 0 Å². The molecule has 0 aliphatic heterocycles. The number of fused-ring (bicyclic) bond motifs is 2. The Morgan fingerprint density at radius 3 is 2.25 bits per heavy atom. The number of aromatic nitrogens is 1. The number of aliphatic hydroxyl groups is 1. The average Bonchev–Trinajstić information content (AvgIpc) is 2.99. The number of benzene rings is 4. The number of nitrogens with zero attached hydrogens (tertiary/aromatic N) is 2. The predicted molar refractivity (Wildman–Crippen MR) is 163 cm³/mol. The fourth-order valence-electron chi connectivity index (χ4n) is 5.74. The molecule has 40 heavy (non-hydrogen) atoms. The highest BCUT2D eigenvalue weighted by molar-refractivity contribution is 5.85. The summed E-state index contributed by atoms with van der Waals surface area (Å²) in [6, 6.07) is 32.8. The van der Waals surface area contributed by atoms with E-state index in [1.165, 1.54) is 0 Å². The molecule has 4 aromatic carbocycles. The standard InChI is InChI=1S/C35H38N2O3/c1-37(2)21-11-10-20-35(38,29-18-16-27-23-30(39-3)19-17-26(27)22-29)33(25-12-6-5-7-13-25)31-24-28-14-8-9-15-32(28)36-34(31)40-4/h5-9,12-19,22-24,33,38H,10-11,20-21H2,1-4H3. The molecule has 1 heterocycles. The van der Waals surface area contributed by atoms with E-state index in [4.69, 9.17) is 14.5 Å². The molecule has 0 saturated carbocycles. The van der Waals surface area contributed by atoms with Gasteiger partial charge < -0.3 is 19.5 Å². The quantitative estimate of drug-likeness (QED) is 0.182. The monoisotopic (exact) mass is 534 g/mol. The van der Waals surface area contributed by atoms with Crippen LogP contribution in [-0.2, 0) is 5.60 Å². The van der Waals surface area contributed by atoms with Gasteiger partial charge in [0, 0.05) is 16.9 Å². The summed E-state index contributed by atoms with van der Waals surface area (Å²) in [5.74, 6) is 0.939. The average molecular weight is 535 g/mol. The molecule has 206 valence electrons. The topological polar surface area (TPSA) is 54.8 Å². The molecule has 0 saturated heterocycles. The van der Waals surface area contributed by atoms with Crippen LogP contribution in [0, 0.1) is 0 Å². The number of rotatable bonds is 11. The maximum Gasteiger partial charge on any atom is 0.217 e. The van der Waals surface area contributed by atoms with E-state index in [9.17, 15) is 5.11 Å². The molecular formula is C35H38N2O3. The zero-order chi connectivity index (χ0) is 28.1. The van der Waals surface area contributed by atoms with Crippen molar-refractivity contribution in [2.45, 2.75) is 30.8 Å². The van der Waals surface area contributed by atoms with Crippen molar-refractivity contribution in [3.05, 3.63) is 114 Å². The SMILES string of the molecule is COc1ccc2cc(C(O)(CCCCN(C)C)C(c3ccccc3)c3cc4ccccc4nc3OC)ccc2c1. The zero-order valence-corrected chi connectivity index (χ0v) is 23.8. The van der Waals surface area contributed by atoms with Crippen molar-refractivity contribution < 1.29 is 14.6 Å². The van der Waals surface area contributed by atoms with Gasteiger partial charge in [0.05, 0.1) is 19.7 Å². The first-order chi connectivity index (χ1) is 19.4. The van der Waals surface area contributed by atoms with Gasteiger partial charge in [-0.15, -0.1) is 0 Å². The Kier molecular flexibility index (Phi) is 8.34. The Hall–Kier alpha value is -3.93. The number of unbranched alkanes of at least 4 members (excludes halogenated alkanes) is 1. The van der Waals surface area contributed by atoms with Crippen molar-refractivity contribution in [3.8, 4) is 11.6 Å². The van der Waals surface area contributed by atoms with E-state index in [-0.39, 0.29) is 0 Å². The first-order valence-corrected chi connectivity index (χ1v) is 13.9. The minimum absolute atomic E-state index is 0.407. The van der Waals surface area contributed by atoms with Gasteiger partial charge >= 0.3 is 0 Å². The Morgan fingerprint density at radius 1 is 0.775 bits per heavy atom. The summed E-state index contributed by atoms with van der Waals surface area (Å²) in [6.45, 7) is 0.963. The highest BCUT2D eigenvalue weighted by Gasteiger charge is 2.42. The van der Waals surface area contributed by atoms with E-state index in [1.807, 2.05) is 48.5 Å². The Bertz CT molecular complexity index is 1580. The van der Waals surface area contributed by atoms with Crippen molar-refractivity contribution >= 4 is 21.7 Å². The summed E-state index contributed by atoms with van der Waals surface area (Å²) in [7, 11) is 7.50. The third kappa shape index (κ3) is 5.67. The molecule has 0 aliphatic carbocycles. The van der Waals surface area contributed by atoms with Crippen LogP contribution in [0.4, 0.5) is 0 Å². The van der Waals surface area contributed by atoms with Crippen LogP contribution in [0.5, 0.6) is 11.6 Å². The van der Waals surface area contributed by atoms with Gasteiger partial charge in [-0.05, 0) is 92.1 Å². The normalized spacial score (nSPS) is 13.8. The van der Waals surface area contributed by atoms with Crippen LogP contribution in [0.15, 0.2) is 97.1 Å². The molecule has 0 aliphatic rings. The largest absolute Gasteiger partial charge is 0.497 e. The van der Waals surface area contributed by atoms with E-state index >= 15 is 0 Å². The summed E-state index contributed by atoms with van der Waals surface area (Å²) >= 11 is 0.